The van der Waals surface area contributed by atoms with Gasteiger partial charge in [-0.3, -0.25) is 4.79 Å². The van der Waals surface area contributed by atoms with Crippen LogP contribution in [0.2, 0.25) is 0 Å². The molecule has 0 spiro atoms. The summed E-state index contributed by atoms with van der Waals surface area (Å²) in [5, 5.41) is 2.77. The van der Waals surface area contributed by atoms with Crippen molar-refractivity contribution >= 4 is 59.4 Å². The van der Waals surface area contributed by atoms with Crippen LogP contribution in [0.15, 0.2) is 30.3 Å². The molecule has 2 nitrogen and oxygen atoms in total. The molecule has 0 atom stereocenters. The zero-order valence-corrected chi connectivity index (χ0v) is 11.9. The van der Waals surface area contributed by atoms with E-state index in [0.29, 0.717) is 6.42 Å². The second-order valence-corrected chi connectivity index (χ2v) is 9.96. The molecule has 0 saturated heterocycles. The van der Waals surface area contributed by atoms with E-state index in [0.717, 1.165) is 5.69 Å². The van der Waals surface area contributed by atoms with Crippen molar-refractivity contribution in [3.8, 4) is 0 Å². The van der Waals surface area contributed by atoms with Gasteiger partial charge in [0.2, 0.25) is 5.91 Å². The summed E-state index contributed by atoms with van der Waals surface area (Å²) in [6.45, 7) is 0. The third-order valence-electron chi connectivity index (χ3n) is 1.42. The Hall–Kier alpha value is 0.130. The predicted molar refractivity (Wildman–Crippen MR) is 69.2 cm³/mol. The van der Waals surface area contributed by atoms with E-state index < -0.39 is 2.14 Å². The zero-order chi connectivity index (χ0) is 10.6. The molecule has 1 aromatic carbocycles. The van der Waals surface area contributed by atoms with Crippen LogP contribution in [0.3, 0.4) is 0 Å². The second-order valence-electron chi connectivity index (χ2n) is 2.71. The number of benzene rings is 1. The van der Waals surface area contributed by atoms with Crippen LogP contribution in [0.25, 0.3) is 0 Å². The molecule has 5 heteroatoms. The van der Waals surface area contributed by atoms with E-state index in [1.165, 1.54) is 0 Å². The minimum absolute atomic E-state index is 0.0678. The van der Waals surface area contributed by atoms with E-state index >= 15 is 0 Å². The highest BCUT2D eigenvalue weighted by atomic mass is 80.0. The first-order valence-corrected chi connectivity index (χ1v) is 6.27. The average Bonchev–Trinajstić information content (AvgIpc) is 2.02. The lowest BCUT2D eigenvalue weighted by Gasteiger charge is -2.11. The molecule has 0 radical (unpaired) electrons. The lowest BCUT2D eigenvalue weighted by atomic mass is 10.3. The van der Waals surface area contributed by atoms with E-state index in [4.69, 9.17) is 0 Å². The van der Waals surface area contributed by atoms with Gasteiger partial charge in [-0.05, 0) is 12.1 Å². The van der Waals surface area contributed by atoms with E-state index in [1.54, 1.807) is 0 Å². The van der Waals surface area contributed by atoms with Gasteiger partial charge < -0.3 is 5.32 Å². The van der Waals surface area contributed by atoms with Gasteiger partial charge in [-0.2, -0.15) is 0 Å². The standard InChI is InChI=1S/C9H8Br3NO/c10-9(11,12)6-8(14)13-7-4-2-1-3-5-7/h1-5H,6H2,(H,13,14). The summed E-state index contributed by atoms with van der Waals surface area (Å²) in [4.78, 5) is 11.4. The summed E-state index contributed by atoms with van der Waals surface area (Å²) in [6, 6.07) is 9.34. The molecular formula is C9H8Br3NO. The van der Waals surface area contributed by atoms with Crippen LogP contribution in [0.5, 0.6) is 0 Å². The average molecular weight is 386 g/mol. The molecule has 0 aliphatic rings. The topological polar surface area (TPSA) is 29.1 Å². The van der Waals surface area contributed by atoms with Crippen LogP contribution in [0, 0.1) is 0 Å². The fourth-order valence-electron chi connectivity index (χ4n) is 0.909. The van der Waals surface area contributed by atoms with Gasteiger partial charge in [0.05, 0.1) is 6.42 Å². The molecule has 1 N–H and O–H groups in total. The Morgan fingerprint density at radius 2 is 1.79 bits per heavy atom. The van der Waals surface area contributed by atoms with Gasteiger partial charge in [-0.15, -0.1) is 0 Å². The third-order valence-corrected chi connectivity index (χ3v) is 2.26. The SMILES string of the molecule is O=C(CC(Br)(Br)Br)Nc1ccccc1. The van der Waals surface area contributed by atoms with Gasteiger partial charge in [0, 0.05) is 5.69 Å². The van der Waals surface area contributed by atoms with Crippen LogP contribution in [-0.4, -0.2) is 8.05 Å². The van der Waals surface area contributed by atoms with Gasteiger partial charge >= 0.3 is 0 Å². The van der Waals surface area contributed by atoms with E-state index in [1.807, 2.05) is 30.3 Å². The zero-order valence-electron chi connectivity index (χ0n) is 7.14. The van der Waals surface area contributed by atoms with Crippen molar-refractivity contribution in [2.45, 2.75) is 8.56 Å². The number of anilines is 1. The maximum atomic E-state index is 11.4. The van der Waals surface area contributed by atoms with Gasteiger partial charge in [-0.25, -0.2) is 0 Å². The van der Waals surface area contributed by atoms with Crippen LogP contribution in [0.1, 0.15) is 6.42 Å². The molecule has 0 aliphatic heterocycles. The Kier molecular flexibility index (Phi) is 4.60. The molecule has 0 heterocycles. The molecule has 1 rings (SSSR count). The second kappa shape index (κ2) is 5.28. The summed E-state index contributed by atoms with van der Waals surface area (Å²) in [7, 11) is 0. The molecule has 0 aromatic heterocycles. The van der Waals surface area contributed by atoms with Crippen LogP contribution in [0.4, 0.5) is 5.69 Å². The molecule has 0 saturated carbocycles. The lowest BCUT2D eigenvalue weighted by Crippen LogP contribution is -2.17. The Morgan fingerprint density at radius 1 is 1.21 bits per heavy atom. The van der Waals surface area contributed by atoms with Crippen LogP contribution >= 0.6 is 47.8 Å². The summed E-state index contributed by atoms with van der Waals surface area (Å²) in [5.41, 5.74) is 0.800. The number of para-hydroxylation sites is 1. The molecule has 0 fully saturated rings. The van der Waals surface area contributed by atoms with Crippen molar-refractivity contribution in [1.29, 1.82) is 0 Å². The van der Waals surface area contributed by atoms with Crippen molar-refractivity contribution in [2.75, 3.05) is 5.32 Å². The van der Waals surface area contributed by atoms with E-state index in [-0.39, 0.29) is 5.91 Å². The van der Waals surface area contributed by atoms with Gasteiger partial charge in [-0.1, -0.05) is 66.0 Å². The smallest absolute Gasteiger partial charge is 0.227 e. The molecule has 76 valence electrons. The first kappa shape index (κ1) is 12.2. The fraction of sp³-hybridized carbons (Fsp3) is 0.222. The van der Waals surface area contributed by atoms with E-state index in [2.05, 4.69) is 53.1 Å². The summed E-state index contributed by atoms with van der Waals surface area (Å²) in [5.74, 6) is -0.0678. The van der Waals surface area contributed by atoms with Crippen molar-refractivity contribution in [3.63, 3.8) is 0 Å². The Morgan fingerprint density at radius 3 is 2.29 bits per heavy atom. The number of hydrogen-bond donors (Lipinski definition) is 1. The first-order valence-electron chi connectivity index (χ1n) is 3.89. The van der Waals surface area contributed by atoms with Gasteiger partial charge in [0.15, 0.2) is 0 Å². The quantitative estimate of drug-likeness (QED) is 0.770. The molecule has 1 amide bonds. The predicted octanol–water partition coefficient (Wildman–Crippen LogP) is 3.85. The number of hydrogen-bond acceptors (Lipinski definition) is 1. The largest absolute Gasteiger partial charge is 0.326 e. The minimum atomic E-state index is -0.522. The number of halogens is 3. The Bertz CT molecular complexity index is 308. The normalized spacial score (nSPS) is 11.1. The highest BCUT2D eigenvalue weighted by Crippen LogP contribution is 2.37. The molecule has 14 heavy (non-hydrogen) atoms. The number of carbonyl (C=O) groups excluding carboxylic acids is 1. The highest BCUT2D eigenvalue weighted by Gasteiger charge is 2.22. The van der Waals surface area contributed by atoms with Crippen LogP contribution < -0.4 is 5.32 Å². The first-order chi connectivity index (χ1) is 6.47. The maximum Gasteiger partial charge on any atom is 0.227 e. The molecule has 0 bridgehead atoms. The lowest BCUT2D eigenvalue weighted by molar-refractivity contribution is -0.115. The number of rotatable bonds is 2. The summed E-state index contributed by atoms with van der Waals surface area (Å²) >= 11 is 9.79. The highest BCUT2D eigenvalue weighted by molar-refractivity contribution is 9.39. The van der Waals surface area contributed by atoms with Crippen LogP contribution in [-0.2, 0) is 4.79 Å². The van der Waals surface area contributed by atoms with Crippen molar-refractivity contribution < 1.29 is 4.79 Å². The molecule has 1 aromatic rings. The summed E-state index contributed by atoms with van der Waals surface area (Å²) < 4.78 is -0.522. The monoisotopic (exact) mass is 383 g/mol. The van der Waals surface area contributed by atoms with Gasteiger partial charge in [0.1, 0.15) is 2.14 Å². The van der Waals surface area contributed by atoms with Crippen molar-refractivity contribution in [1.82, 2.24) is 0 Å². The maximum absolute atomic E-state index is 11.4. The van der Waals surface area contributed by atoms with Gasteiger partial charge in [0.25, 0.3) is 0 Å². The number of amides is 1. The Labute approximate surface area is 108 Å². The molecule has 0 unspecified atom stereocenters. The molecular weight excluding hydrogens is 378 g/mol. The third kappa shape index (κ3) is 5.12. The van der Waals surface area contributed by atoms with E-state index in [9.17, 15) is 4.79 Å². The van der Waals surface area contributed by atoms with Crippen molar-refractivity contribution in [3.05, 3.63) is 30.3 Å². The summed E-state index contributed by atoms with van der Waals surface area (Å²) in [6.07, 6.45) is 0.294. The number of carbonyl (C=O) groups is 1. The minimum Gasteiger partial charge on any atom is -0.326 e. The number of nitrogens with one attached hydrogen (secondary N) is 1. The van der Waals surface area contributed by atoms with Crippen molar-refractivity contribution in [2.24, 2.45) is 0 Å². The Balaban J connectivity index is 2.50. The fourth-order valence-corrected chi connectivity index (χ4v) is 1.67. The molecule has 0 aliphatic carbocycles. The number of alkyl halides is 3.